The molecule has 1 aromatic carbocycles. The van der Waals surface area contributed by atoms with E-state index in [1.54, 1.807) is 7.11 Å². The quantitative estimate of drug-likeness (QED) is 0.831. The van der Waals surface area contributed by atoms with E-state index in [0.717, 1.165) is 11.1 Å². The number of ether oxygens (including phenoxy) is 2. The summed E-state index contributed by atoms with van der Waals surface area (Å²) >= 11 is 0. The maximum absolute atomic E-state index is 10.5. The number of carboxylic acids is 1. The second-order valence-electron chi connectivity index (χ2n) is 3.96. The summed E-state index contributed by atoms with van der Waals surface area (Å²) in [4.78, 5) is 10.5. The van der Waals surface area contributed by atoms with Gasteiger partial charge in [-0.1, -0.05) is 24.3 Å². The fourth-order valence-electron chi connectivity index (χ4n) is 1.79. The standard InChI is InChI=1S/C12H14O4/c1-15-12(7-16-8-12)10-4-2-9(3-5-10)6-11(13)14/h2-5H,6-8H2,1H3,(H,13,14). The Labute approximate surface area is 93.8 Å². The van der Waals surface area contributed by atoms with Crippen LogP contribution in [0.4, 0.5) is 0 Å². The molecule has 0 saturated carbocycles. The summed E-state index contributed by atoms with van der Waals surface area (Å²) < 4.78 is 10.6. The Morgan fingerprint density at radius 2 is 2.06 bits per heavy atom. The average molecular weight is 222 g/mol. The maximum atomic E-state index is 10.5. The van der Waals surface area contributed by atoms with Crippen LogP contribution in [0.3, 0.4) is 0 Å². The van der Waals surface area contributed by atoms with Gasteiger partial charge in [-0.3, -0.25) is 4.79 Å². The van der Waals surface area contributed by atoms with Crippen molar-refractivity contribution in [2.75, 3.05) is 20.3 Å². The van der Waals surface area contributed by atoms with Gasteiger partial charge in [0, 0.05) is 7.11 Å². The highest BCUT2D eigenvalue weighted by Crippen LogP contribution is 2.32. The molecule has 0 bridgehead atoms. The van der Waals surface area contributed by atoms with Crippen molar-refractivity contribution in [2.24, 2.45) is 0 Å². The van der Waals surface area contributed by atoms with Crippen LogP contribution < -0.4 is 0 Å². The molecule has 0 spiro atoms. The molecule has 1 heterocycles. The second kappa shape index (κ2) is 4.23. The van der Waals surface area contributed by atoms with E-state index < -0.39 is 5.97 Å². The smallest absolute Gasteiger partial charge is 0.307 e. The summed E-state index contributed by atoms with van der Waals surface area (Å²) in [5.74, 6) is -0.818. The molecule has 1 fully saturated rings. The molecule has 0 aliphatic carbocycles. The van der Waals surface area contributed by atoms with Crippen molar-refractivity contribution in [3.8, 4) is 0 Å². The van der Waals surface area contributed by atoms with Crippen LogP contribution in [0.1, 0.15) is 11.1 Å². The number of aliphatic carboxylic acids is 1. The molecule has 2 rings (SSSR count). The Morgan fingerprint density at radius 3 is 2.44 bits per heavy atom. The molecule has 1 N–H and O–H groups in total. The van der Waals surface area contributed by atoms with Gasteiger partial charge in [-0.2, -0.15) is 0 Å². The van der Waals surface area contributed by atoms with Gasteiger partial charge in [-0.15, -0.1) is 0 Å². The molecule has 4 nitrogen and oxygen atoms in total. The first-order valence-electron chi connectivity index (χ1n) is 5.10. The van der Waals surface area contributed by atoms with Crippen molar-refractivity contribution in [1.29, 1.82) is 0 Å². The van der Waals surface area contributed by atoms with Crippen LogP contribution in [0.5, 0.6) is 0 Å². The zero-order valence-corrected chi connectivity index (χ0v) is 9.10. The van der Waals surface area contributed by atoms with E-state index in [1.807, 2.05) is 24.3 Å². The van der Waals surface area contributed by atoms with Crippen molar-refractivity contribution >= 4 is 5.97 Å². The molecule has 0 unspecified atom stereocenters. The summed E-state index contributed by atoms with van der Waals surface area (Å²) in [6.45, 7) is 1.11. The SMILES string of the molecule is COC1(c2ccc(CC(=O)O)cc2)COC1. The monoisotopic (exact) mass is 222 g/mol. The molecular weight excluding hydrogens is 208 g/mol. The zero-order chi connectivity index (χ0) is 11.6. The molecule has 1 aromatic rings. The number of carboxylic acid groups (broad SMARTS) is 1. The number of methoxy groups -OCH3 is 1. The Bertz CT molecular complexity index is 373. The predicted molar refractivity (Wildman–Crippen MR) is 57.3 cm³/mol. The van der Waals surface area contributed by atoms with Gasteiger partial charge in [0.1, 0.15) is 5.60 Å². The van der Waals surface area contributed by atoms with Crippen molar-refractivity contribution in [2.45, 2.75) is 12.0 Å². The topological polar surface area (TPSA) is 55.8 Å². The fraction of sp³-hybridized carbons (Fsp3) is 0.417. The lowest BCUT2D eigenvalue weighted by molar-refractivity contribution is -0.202. The minimum Gasteiger partial charge on any atom is -0.481 e. The van der Waals surface area contributed by atoms with E-state index in [2.05, 4.69) is 0 Å². The van der Waals surface area contributed by atoms with E-state index in [0.29, 0.717) is 13.2 Å². The van der Waals surface area contributed by atoms with Crippen LogP contribution >= 0.6 is 0 Å². The number of benzene rings is 1. The van der Waals surface area contributed by atoms with Gasteiger partial charge in [0.2, 0.25) is 0 Å². The third kappa shape index (κ3) is 1.94. The minimum atomic E-state index is -0.818. The molecule has 1 aliphatic rings. The van der Waals surface area contributed by atoms with Crippen LogP contribution in [0.25, 0.3) is 0 Å². The molecular formula is C12H14O4. The van der Waals surface area contributed by atoms with Crippen molar-refractivity contribution < 1.29 is 19.4 Å². The van der Waals surface area contributed by atoms with Gasteiger partial charge >= 0.3 is 5.97 Å². The first-order chi connectivity index (χ1) is 7.66. The molecule has 1 aliphatic heterocycles. The Hall–Kier alpha value is -1.39. The summed E-state index contributed by atoms with van der Waals surface area (Å²) in [6.07, 6.45) is 0.0523. The van der Waals surface area contributed by atoms with E-state index >= 15 is 0 Å². The molecule has 0 radical (unpaired) electrons. The number of hydrogen-bond acceptors (Lipinski definition) is 3. The average Bonchev–Trinajstić information content (AvgIpc) is 2.19. The largest absolute Gasteiger partial charge is 0.481 e. The number of carbonyl (C=O) groups is 1. The van der Waals surface area contributed by atoms with E-state index in [9.17, 15) is 4.79 Å². The van der Waals surface area contributed by atoms with Crippen LogP contribution in [0.15, 0.2) is 24.3 Å². The molecule has 0 aromatic heterocycles. The predicted octanol–water partition coefficient (Wildman–Crippen LogP) is 1.19. The Balaban J connectivity index is 2.15. The van der Waals surface area contributed by atoms with Gasteiger partial charge in [-0.25, -0.2) is 0 Å². The Morgan fingerprint density at radius 1 is 1.44 bits per heavy atom. The summed E-state index contributed by atoms with van der Waals surface area (Å²) in [6, 6.07) is 7.46. The second-order valence-corrected chi connectivity index (χ2v) is 3.96. The van der Waals surface area contributed by atoms with Gasteiger partial charge in [0.15, 0.2) is 0 Å². The van der Waals surface area contributed by atoms with Crippen LogP contribution in [-0.2, 0) is 26.3 Å². The minimum absolute atomic E-state index is 0.0523. The highest BCUT2D eigenvalue weighted by molar-refractivity contribution is 5.70. The first-order valence-corrected chi connectivity index (χ1v) is 5.10. The van der Waals surface area contributed by atoms with Crippen molar-refractivity contribution in [3.05, 3.63) is 35.4 Å². The lowest BCUT2D eigenvalue weighted by Gasteiger charge is -2.40. The van der Waals surface area contributed by atoms with Crippen LogP contribution in [0.2, 0.25) is 0 Å². The summed E-state index contributed by atoms with van der Waals surface area (Å²) in [5.41, 5.74) is 1.50. The molecule has 16 heavy (non-hydrogen) atoms. The third-order valence-corrected chi connectivity index (χ3v) is 2.90. The van der Waals surface area contributed by atoms with E-state index in [1.165, 1.54) is 0 Å². The highest BCUT2D eigenvalue weighted by atomic mass is 16.6. The van der Waals surface area contributed by atoms with E-state index in [-0.39, 0.29) is 12.0 Å². The molecule has 86 valence electrons. The zero-order valence-electron chi connectivity index (χ0n) is 9.10. The molecule has 1 saturated heterocycles. The van der Waals surface area contributed by atoms with Gasteiger partial charge in [0.25, 0.3) is 0 Å². The number of hydrogen-bond donors (Lipinski definition) is 1. The maximum Gasteiger partial charge on any atom is 0.307 e. The lowest BCUT2D eigenvalue weighted by atomic mass is 9.91. The Kier molecular flexibility index (Phi) is 2.94. The molecule has 0 amide bonds. The highest BCUT2D eigenvalue weighted by Gasteiger charge is 2.40. The lowest BCUT2D eigenvalue weighted by Crippen LogP contribution is -2.48. The van der Waals surface area contributed by atoms with Crippen molar-refractivity contribution in [3.63, 3.8) is 0 Å². The summed E-state index contributed by atoms with van der Waals surface area (Å²) in [5, 5.41) is 8.65. The van der Waals surface area contributed by atoms with Gasteiger partial charge < -0.3 is 14.6 Å². The normalized spacial score (nSPS) is 17.8. The molecule has 4 heteroatoms. The van der Waals surface area contributed by atoms with Crippen molar-refractivity contribution in [1.82, 2.24) is 0 Å². The first kappa shape index (κ1) is 11.1. The van der Waals surface area contributed by atoms with Gasteiger partial charge in [0.05, 0.1) is 19.6 Å². The molecule has 0 atom stereocenters. The van der Waals surface area contributed by atoms with Crippen LogP contribution in [-0.4, -0.2) is 31.4 Å². The fourth-order valence-corrected chi connectivity index (χ4v) is 1.79. The van der Waals surface area contributed by atoms with Crippen LogP contribution in [0, 0.1) is 0 Å². The van der Waals surface area contributed by atoms with E-state index in [4.69, 9.17) is 14.6 Å². The summed E-state index contributed by atoms with van der Waals surface area (Å²) in [7, 11) is 1.66. The number of rotatable bonds is 4. The van der Waals surface area contributed by atoms with Gasteiger partial charge in [-0.05, 0) is 11.1 Å². The third-order valence-electron chi connectivity index (χ3n) is 2.90.